The third-order valence-corrected chi connectivity index (χ3v) is 28.7. The van der Waals surface area contributed by atoms with E-state index in [0.717, 1.165) is 0 Å². The molecule has 0 fully saturated rings. The van der Waals surface area contributed by atoms with Gasteiger partial charge in [0.05, 0.1) is 0 Å². The maximum atomic E-state index is 2.62. The molecule has 408 valence electrons. The van der Waals surface area contributed by atoms with E-state index >= 15 is 0 Å². The van der Waals surface area contributed by atoms with Gasteiger partial charge in [-0.2, -0.15) is 0 Å². The Morgan fingerprint density at radius 1 is 0.221 bits per heavy atom. The van der Waals surface area contributed by atoms with Crippen LogP contribution in [0.2, 0.25) is 26.2 Å². The van der Waals surface area contributed by atoms with E-state index in [0.29, 0.717) is 0 Å². The van der Waals surface area contributed by atoms with Crippen LogP contribution < -0.4 is 20.7 Å². The molecule has 0 bridgehead atoms. The summed E-state index contributed by atoms with van der Waals surface area (Å²) in [5.41, 5.74) is 26.9. The summed E-state index contributed by atoms with van der Waals surface area (Å²) in [7, 11) is -4.59. The molecule has 0 saturated heterocycles. The fraction of sp³-hybridized carbons (Fsp3) is 0.119. The van der Waals surface area contributed by atoms with E-state index < -0.39 is 16.1 Å². The third kappa shape index (κ3) is 6.48. The molecule has 0 spiro atoms. The first-order chi connectivity index (χ1) is 41.7. The van der Waals surface area contributed by atoms with E-state index in [1.165, 1.54) is 176 Å². The first kappa shape index (κ1) is 50.2. The van der Waals surface area contributed by atoms with Crippen LogP contribution in [-0.4, -0.2) is 16.1 Å². The summed E-state index contributed by atoms with van der Waals surface area (Å²) in [4.78, 5) is 0. The van der Waals surface area contributed by atoms with Gasteiger partial charge < -0.3 is 0 Å². The molecular formula is C84H64Si2. The predicted molar refractivity (Wildman–Crippen MR) is 375 cm³/mol. The molecule has 0 unspecified atom stereocenters. The minimum absolute atomic E-state index is 0.0822. The number of hydrogen-bond donors (Lipinski definition) is 0. The van der Waals surface area contributed by atoms with Crippen molar-refractivity contribution in [2.45, 2.75) is 64.7 Å². The molecule has 0 nitrogen and oxygen atoms in total. The zero-order valence-electron chi connectivity index (χ0n) is 50.1. The van der Waals surface area contributed by atoms with Gasteiger partial charge in [-0.1, -0.05) is 284 Å². The van der Waals surface area contributed by atoms with Gasteiger partial charge in [-0.15, -0.1) is 0 Å². The van der Waals surface area contributed by atoms with Gasteiger partial charge in [0.2, 0.25) is 0 Å². The molecule has 0 amide bonds. The molecule has 14 aromatic rings. The van der Waals surface area contributed by atoms with Crippen LogP contribution in [0.5, 0.6) is 0 Å². The first-order valence-corrected chi connectivity index (χ1v) is 37.0. The summed E-state index contributed by atoms with van der Waals surface area (Å²) >= 11 is 0. The van der Waals surface area contributed by atoms with Crippen molar-refractivity contribution in [1.82, 2.24) is 0 Å². The fourth-order valence-electron chi connectivity index (χ4n) is 17.4. The third-order valence-electron chi connectivity index (χ3n) is 21.7. The molecule has 2 aliphatic carbocycles. The van der Waals surface area contributed by atoms with Gasteiger partial charge in [0.15, 0.2) is 0 Å². The molecule has 18 rings (SSSR count). The van der Waals surface area contributed by atoms with Gasteiger partial charge in [-0.3, -0.25) is 0 Å². The van der Waals surface area contributed by atoms with Crippen molar-refractivity contribution in [1.29, 1.82) is 0 Å². The van der Waals surface area contributed by atoms with E-state index in [1.807, 2.05) is 0 Å². The molecule has 2 heteroatoms. The van der Waals surface area contributed by atoms with Gasteiger partial charge in [-0.05, 0) is 198 Å². The molecule has 0 radical (unpaired) electrons. The van der Waals surface area contributed by atoms with Crippen LogP contribution >= 0.6 is 0 Å². The summed E-state index contributed by atoms with van der Waals surface area (Å²) < 4.78 is 0. The number of rotatable bonds is 4. The predicted octanol–water partition coefficient (Wildman–Crippen LogP) is 20.3. The van der Waals surface area contributed by atoms with Crippen LogP contribution in [-0.2, 0) is 10.8 Å². The average molecular weight is 1130 g/mol. The van der Waals surface area contributed by atoms with Crippen LogP contribution in [0.15, 0.2) is 243 Å². The van der Waals surface area contributed by atoms with Crippen molar-refractivity contribution in [3.8, 4) is 89.0 Å². The molecule has 0 atom stereocenters. The SMILES string of the molecule is CC1(C)c2ccccc2-c2ccc(-c3c4ccccc4c(-c4ccc5c(c4)[Si](C)(C)c4ccc6c7c(ccc-5c47)-c4ccc(-c5c7ccccc7c(-c7ccc8c(c7)C(C)(C)c7ccccc7-8)c7ccccc57)cc4[Si]6(C)C)c4ccccc34)cc21. The van der Waals surface area contributed by atoms with Gasteiger partial charge in [-0.25, -0.2) is 0 Å². The van der Waals surface area contributed by atoms with Gasteiger partial charge in [0, 0.05) is 10.8 Å². The molecule has 4 aliphatic rings. The average Bonchev–Trinajstić information content (AvgIpc) is 0.970. The van der Waals surface area contributed by atoms with Crippen LogP contribution in [0.1, 0.15) is 49.9 Å². The lowest BCUT2D eigenvalue weighted by molar-refractivity contribution is 0.660. The van der Waals surface area contributed by atoms with Crippen molar-refractivity contribution < 1.29 is 0 Å². The maximum absolute atomic E-state index is 2.62. The summed E-state index contributed by atoms with van der Waals surface area (Å²) in [6.45, 7) is 20.0. The van der Waals surface area contributed by atoms with E-state index in [1.54, 1.807) is 10.4 Å². The zero-order valence-corrected chi connectivity index (χ0v) is 52.1. The quantitative estimate of drug-likeness (QED) is 0.122. The molecule has 2 heterocycles. The Kier molecular flexibility index (Phi) is 10.1. The van der Waals surface area contributed by atoms with Crippen LogP contribution in [0.25, 0.3) is 143 Å². The smallest absolute Gasteiger partial charge is 0.0620 e. The molecular weight excluding hydrogens is 1070 g/mol. The largest absolute Gasteiger partial charge is 0.113 e. The van der Waals surface area contributed by atoms with Gasteiger partial charge >= 0.3 is 0 Å². The highest BCUT2D eigenvalue weighted by Gasteiger charge is 2.43. The number of benzene rings is 14. The van der Waals surface area contributed by atoms with E-state index in [2.05, 4.69) is 297 Å². The number of fused-ring (bicyclic) bond motifs is 14. The van der Waals surface area contributed by atoms with Crippen LogP contribution in [0.4, 0.5) is 0 Å². The minimum Gasteiger partial charge on any atom is -0.0620 e. The second kappa shape index (κ2) is 17.3. The Balaban J connectivity index is 0.768. The summed E-state index contributed by atoms with van der Waals surface area (Å²) in [6, 6.07) is 94.6. The maximum Gasteiger partial charge on any atom is 0.113 e. The van der Waals surface area contributed by atoms with Gasteiger partial charge in [0.25, 0.3) is 0 Å². The standard InChI is InChI=1S/C84H64Si2/c1-83(2)69-31-19-17-21-53(69)55-37-33-49(45-71(55)83)77-59-23-9-13-27-63(59)79(64-28-14-10-24-60(64)77)51-35-39-57-67-41-42-68-58-40-36-52(48-76(58)86(7,8)74-44-43-73(81(67)82(68)74)85(5,6)75(57)47-51)80-65-29-15-11-25-61(65)78(62-26-12-16-30-66(62)80)50-34-38-56-54-22-18-20-32-70(54)84(3,4)72(56)46-50/h9-48H,1-8H3. The summed E-state index contributed by atoms with van der Waals surface area (Å²) in [5, 5.41) is 19.6. The topological polar surface area (TPSA) is 0 Å². The van der Waals surface area contributed by atoms with Crippen molar-refractivity contribution in [2.24, 2.45) is 0 Å². The van der Waals surface area contributed by atoms with Gasteiger partial charge in [0.1, 0.15) is 16.1 Å². The Hall–Kier alpha value is -9.19. The van der Waals surface area contributed by atoms with Crippen LogP contribution in [0.3, 0.4) is 0 Å². The lowest BCUT2D eigenvalue weighted by Gasteiger charge is -2.39. The van der Waals surface area contributed by atoms with E-state index in [-0.39, 0.29) is 10.8 Å². The molecule has 0 saturated carbocycles. The normalized spacial score (nSPS) is 15.6. The molecule has 0 aromatic heterocycles. The molecule has 0 N–H and O–H groups in total. The first-order valence-electron chi connectivity index (χ1n) is 31.0. The second-order valence-corrected chi connectivity index (χ2v) is 36.0. The highest BCUT2D eigenvalue weighted by atomic mass is 28.3. The Labute approximate surface area is 506 Å². The minimum atomic E-state index is -2.29. The molecule has 14 aromatic carbocycles. The lowest BCUT2D eigenvalue weighted by atomic mass is 9.80. The Morgan fingerprint density at radius 3 is 0.802 bits per heavy atom. The fourth-order valence-corrected chi connectivity index (χ4v) is 23.6. The second-order valence-electron chi connectivity index (χ2n) is 27.4. The van der Waals surface area contributed by atoms with Crippen molar-refractivity contribution in [3.05, 3.63) is 265 Å². The van der Waals surface area contributed by atoms with Crippen molar-refractivity contribution in [2.75, 3.05) is 0 Å². The Morgan fingerprint density at radius 2 is 0.477 bits per heavy atom. The van der Waals surface area contributed by atoms with E-state index in [9.17, 15) is 0 Å². The Bertz CT molecular complexity index is 4960. The zero-order chi connectivity index (χ0) is 57.9. The van der Waals surface area contributed by atoms with Crippen molar-refractivity contribution >= 4 is 90.8 Å². The number of hydrogen-bond acceptors (Lipinski definition) is 0. The highest BCUT2D eigenvalue weighted by Crippen LogP contribution is 2.54. The summed E-state index contributed by atoms with van der Waals surface area (Å²) in [5.74, 6) is 0. The van der Waals surface area contributed by atoms with Crippen molar-refractivity contribution in [3.63, 3.8) is 0 Å². The van der Waals surface area contributed by atoms with Crippen LogP contribution in [0, 0.1) is 0 Å². The lowest BCUT2D eigenvalue weighted by Crippen LogP contribution is -2.59. The van der Waals surface area contributed by atoms with E-state index in [4.69, 9.17) is 0 Å². The monoisotopic (exact) mass is 1130 g/mol. The molecule has 2 aliphatic heterocycles. The highest BCUT2D eigenvalue weighted by molar-refractivity contribution is 7.06. The molecule has 86 heavy (non-hydrogen) atoms. The summed E-state index contributed by atoms with van der Waals surface area (Å²) in [6.07, 6.45) is 0.